The van der Waals surface area contributed by atoms with Crippen LogP contribution < -0.4 is 4.90 Å². The van der Waals surface area contributed by atoms with Crippen LogP contribution in [0.3, 0.4) is 0 Å². The predicted molar refractivity (Wildman–Crippen MR) is 130 cm³/mol. The fourth-order valence-corrected chi connectivity index (χ4v) is 4.90. The third-order valence-electron chi connectivity index (χ3n) is 5.26. The molecule has 0 bridgehead atoms. The van der Waals surface area contributed by atoms with Crippen LogP contribution in [0.2, 0.25) is 10.0 Å². The molecule has 0 N–H and O–H groups in total. The molecule has 1 aliphatic rings. The van der Waals surface area contributed by atoms with E-state index in [2.05, 4.69) is 31.9 Å². The molecular weight excluding hydrogens is 555 g/mol. The Morgan fingerprint density at radius 2 is 1.60 bits per heavy atom. The number of unbranched alkanes of at least 4 members (excludes halogenated alkanes) is 2. The van der Waals surface area contributed by atoms with Gasteiger partial charge in [-0.15, -0.1) is 0 Å². The molecule has 4 nitrogen and oxygen atoms in total. The Bertz CT molecular complexity index is 919. The van der Waals surface area contributed by atoms with E-state index in [0.29, 0.717) is 28.7 Å². The zero-order valence-corrected chi connectivity index (χ0v) is 21.2. The fourth-order valence-electron chi connectivity index (χ4n) is 3.73. The molecule has 1 heterocycles. The molecule has 0 saturated carbocycles. The smallest absolute Gasteiger partial charge is 0.309 e. The van der Waals surface area contributed by atoms with Gasteiger partial charge in [0.1, 0.15) is 5.54 Å². The molecule has 8 heteroatoms. The van der Waals surface area contributed by atoms with Crippen molar-refractivity contribution in [3.63, 3.8) is 0 Å². The number of anilines is 1. The number of benzene rings is 2. The topological polar surface area (TPSA) is 40.6 Å². The van der Waals surface area contributed by atoms with Crippen molar-refractivity contribution < 1.29 is 9.59 Å². The SMILES string of the molecule is CC1(Cc2ccc(Br)cc2)C(=O)N(c2cc(Cl)cc(Cl)c2)C(=O)N1CCCCCBr. The highest BCUT2D eigenvalue weighted by molar-refractivity contribution is 9.10. The summed E-state index contributed by atoms with van der Waals surface area (Å²) in [6.07, 6.45) is 3.24. The molecule has 1 fully saturated rings. The molecule has 0 aliphatic carbocycles. The highest BCUT2D eigenvalue weighted by atomic mass is 79.9. The summed E-state index contributed by atoms with van der Waals surface area (Å²) in [4.78, 5) is 29.9. The van der Waals surface area contributed by atoms with Crippen molar-refractivity contribution in [1.29, 1.82) is 0 Å². The van der Waals surface area contributed by atoms with E-state index in [1.165, 1.54) is 4.90 Å². The molecule has 0 aromatic heterocycles. The third-order valence-corrected chi connectivity index (χ3v) is 6.79. The van der Waals surface area contributed by atoms with Crippen LogP contribution in [0.5, 0.6) is 0 Å². The summed E-state index contributed by atoms with van der Waals surface area (Å²) < 4.78 is 0.965. The minimum absolute atomic E-state index is 0.269. The lowest BCUT2D eigenvalue weighted by Gasteiger charge is -2.32. The zero-order chi connectivity index (χ0) is 21.9. The van der Waals surface area contributed by atoms with E-state index in [0.717, 1.165) is 34.6 Å². The van der Waals surface area contributed by atoms with Gasteiger partial charge >= 0.3 is 6.03 Å². The number of halogens is 4. The Labute approximate surface area is 203 Å². The van der Waals surface area contributed by atoms with Crippen LogP contribution in [0.4, 0.5) is 10.5 Å². The van der Waals surface area contributed by atoms with E-state index >= 15 is 0 Å². The molecule has 1 saturated heterocycles. The highest BCUT2D eigenvalue weighted by Crippen LogP contribution is 2.37. The van der Waals surface area contributed by atoms with Gasteiger partial charge in [-0.2, -0.15) is 0 Å². The third kappa shape index (κ3) is 5.04. The quantitative estimate of drug-likeness (QED) is 0.191. The molecule has 2 aromatic carbocycles. The largest absolute Gasteiger partial charge is 0.332 e. The van der Waals surface area contributed by atoms with Gasteiger partial charge in [0.15, 0.2) is 0 Å². The van der Waals surface area contributed by atoms with E-state index in [4.69, 9.17) is 23.2 Å². The maximum absolute atomic E-state index is 13.6. The minimum atomic E-state index is -0.992. The first kappa shape index (κ1) is 23.6. The first-order valence-electron chi connectivity index (χ1n) is 9.69. The summed E-state index contributed by atoms with van der Waals surface area (Å²) in [5.41, 5.74) is 0.388. The van der Waals surface area contributed by atoms with Gasteiger partial charge in [-0.25, -0.2) is 9.69 Å². The van der Waals surface area contributed by atoms with Gasteiger partial charge in [-0.3, -0.25) is 4.79 Å². The number of nitrogens with zero attached hydrogens (tertiary/aromatic N) is 2. The van der Waals surface area contributed by atoms with Gasteiger partial charge in [-0.1, -0.05) is 73.6 Å². The van der Waals surface area contributed by atoms with Crippen LogP contribution in [0.25, 0.3) is 0 Å². The first-order valence-corrected chi connectivity index (χ1v) is 12.4. The lowest BCUT2D eigenvalue weighted by molar-refractivity contribution is -0.124. The Morgan fingerprint density at radius 3 is 2.20 bits per heavy atom. The van der Waals surface area contributed by atoms with E-state index < -0.39 is 5.54 Å². The normalized spacial score (nSPS) is 19.1. The van der Waals surface area contributed by atoms with E-state index in [-0.39, 0.29) is 11.9 Å². The second-order valence-electron chi connectivity index (χ2n) is 7.53. The molecule has 3 amide bonds. The molecule has 0 spiro atoms. The van der Waals surface area contributed by atoms with Crippen molar-refractivity contribution in [2.45, 2.75) is 38.1 Å². The van der Waals surface area contributed by atoms with Crippen LogP contribution in [0.15, 0.2) is 46.9 Å². The highest BCUT2D eigenvalue weighted by Gasteiger charge is 2.54. The minimum Gasteiger partial charge on any atom is -0.309 e. The van der Waals surface area contributed by atoms with Gasteiger partial charge < -0.3 is 4.90 Å². The number of alkyl halides is 1. The van der Waals surface area contributed by atoms with E-state index in [1.807, 2.05) is 31.2 Å². The number of imide groups is 1. The molecule has 0 radical (unpaired) electrons. The predicted octanol–water partition coefficient (Wildman–Crippen LogP) is 7.09. The average molecular weight is 577 g/mol. The number of hydrogen-bond acceptors (Lipinski definition) is 2. The summed E-state index contributed by atoms with van der Waals surface area (Å²) in [6, 6.07) is 12.2. The van der Waals surface area contributed by atoms with Crippen molar-refractivity contribution >= 4 is 72.7 Å². The summed E-state index contributed by atoms with van der Waals surface area (Å²) >= 11 is 19.2. The Hall–Kier alpha value is -1.08. The summed E-state index contributed by atoms with van der Waals surface area (Å²) in [5.74, 6) is -0.269. The summed E-state index contributed by atoms with van der Waals surface area (Å²) in [6.45, 7) is 2.35. The van der Waals surface area contributed by atoms with Crippen LogP contribution in [0.1, 0.15) is 31.7 Å². The molecule has 1 atom stereocenters. The van der Waals surface area contributed by atoms with Gasteiger partial charge in [0.2, 0.25) is 0 Å². The number of carbonyl (C=O) groups excluding carboxylic acids is 2. The maximum atomic E-state index is 13.6. The fraction of sp³-hybridized carbons (Fsp3) is 0.364. The number of amides is 3. The molecule has 30 heavy (non-hydrogen) atoms. The summed E-state index contributed by atoms with van der Waals surface area (Å²) in [5, 5.41) is 1.68. The monoisotopic (exact) mass is 574 g/mol. The van der Waals surface area contributed by atoms with Gasteiger partial charge in [-0.05, 0) is 55.7 Å². The number of hydrogen-bond donors (Lipinski definition) is 0. The molecule has 160 valence electrons. The standard InChI is InChI=1S/C22H22Br2Cl2N2O2/c1-22(14-15-5-7-16(24)8-6-15)20(29)28(19-12-17(25)11-18(26)13-19)21(30)27(22)10-4-2-3-9-23/h5-8,11-13H,2-4,9-10,14H2,1H3. The van der Waals surface area contributed by atoms with Crippen molar-refractivity contribution in [3.05, 3.63) is 62.5 Å². The van der Waals surface area contributed by atoms with Gasteiger partial charge in [0.25, 0.3) is 5.91 Å². The second kappa shape index (κ2) is 10.0. The van der Waals surface area contributed by atoms with Crippen LogP contribution in [-0.4, -0.2) is 34.3 Å². The Kier molecular flexibility index (Phi) is 7.88. The summed E-state index contributed by atoms with van der Waals surface area (Å²) in [7, 11) is 0. The number of carbonyl (C=O) groups is 2. The lowest BCUT2D eigenvalue weighted by atomic mass is 9.91. The van der Waals surface area contributed by atoms with Crippen LogP contribution >= 0.6 is 55.1 Å². The average Bonchev–Trinajstić information content (AvgIpc) is 2.86. The van der Waals surface area contributed by atoms with Crippen molar-refractivity contribution in [2.24, 2.45) is 0 Å². The Balaban J connectivity index is 1.96. The maximum Gasteiger partial charge on any atom is 0.332 e. The molecule has 3 rings (SSSR count). The number of urea groups is 1. The van der Waals surface area contributed by atoms with Crippen molar-refractivity contribution in [3.8, 4) is 0 Å². The molecule has 1 aliphatic heterocycles. The van der Waals surface area contributed by atoms with E-state index in [1.54, 1.807) is 23.1 Å². The van der Waals surface area contributed by atoms with Crippen LogP contribution in [0, 0.1) is 0 Å². The molecular formula is C22H22Br2Cl2N2O2. The molecule has 1 unspecified atom stereocenters. The van der Waals surface area contributed by atoms with Crippen molar-refractivity contribution in [1.82, 2.24) is 4.90 Å². The first-order chi connectivity index (χ1) is 14.3. The van der Waals surface area contributed by atoms with Gasteiger partial charge in [0.05, 0.1) is 5.69 Å². The molecule has 2 aromatic rings. The van der Waals surface area contributed by atoms with Crippen molar-refractivity contribution in [2.75, 3.05) is 16.8 Å². The zero-order valence-electron chi connectivity index (χ0n) is 16.5. The second-order valence-corrected chi connectivity index (χ2v) is 10.1. The van der Waals surface area contributed by atoms with Gasteiger partial charge in [0, 0.05) is 32.8 Å². The van der Waals surface area contributed by atoms with E-state index in [9.17, 15) is 9.59 Å². The number of rotatable bonds is 8. The Morgan fingerprint density at radius 1 is 0.967 bits per heavy atom. The lowest BCUT2D eigenvalue weighted by Crippen LogP contribution is -2.49. The van der Waals surface area contributed by atoms with Crippen LogP contribution in [-0.2, 0) is 11.2 Å².